The van der Waals surface area contributed by atoms with Crippen molar-refractivity contribution in [3.8, 4) is 5.75 Å². The summed E-state index contributed by atoms with van der Waals surface area (Å²) in [7, 11) is 0. The number of aryl methyl sites for hydroxylation is 1. The molecule has 1 aliphatic heterocycles. The second-order valence-electron chi connectivity index (χ2n) is 8.20. The Bertz CT molecular complexity index is 1500. The average molecular weight is 466 g/mol. The van der Waals surface area contributed by atoms with Gasteiger partial charge in [-0.25, -0.2) is 0 Å². The van der Waals surface area contributed by atoms with Crippen molar-refractivity contribution >= 4 is 34.0 Å². The molecular weight excluding hydrogens is 444 g/mol. The van der Waals surface area contributed by atoms with E-state index in [4.69, 9.17) is 9.26 Å². The summed E-state index contributed by atoms with van der Waals surface area (Å²) in [5.41, 5.74) is 0.975. The number of anilines is 1. The normalized spacial score (nSPS) is 17.2. The van der Waals surface area contributed by atoms with Crippen LogP contribution in [0.1, 0.15) is 22.9 Å². The van der Waals surface area contributed by atoms with Gasteiger partial charge in [-0.3, -0.25) is 14.5 Å². The standard InChI is InChI=1S/C28H22N2O5/c1-3-13-34-22-10-6-9-20(16-22)25-24(27(32)28(33)30(25)23-14-17(2)35-29-23)26(31)21-12-11-18-7-4-5-8-19(18)15-21/h3-12,14-16,25,31H,1,13H2,2H3. The molecule has 0 radical (unpaired) electrons. The van der Waals surface area contributed by atoms with Crippen molar-refractivity contribution in [3.05, 3.63) is 108 Å². The summed E-state index contributed by atoms with van der Waals surface area (Å²) in [5, 5.41) is 17.2. The maximum Gasteiger partial charge on any atom is 0.301 e. The van der Waals surface area contributed by atoms with Gasteiger partial charge in [-0.1, -0.05) is 66.3 Å². The molecule has 1 aromatic heterocycles. The monoisotopic (exact) mass is 466 g/mol. The van der Waals surface area contributed by atoms with E-state index in [0.717, 1.165) is 10.8 Å². The van der Waals surface area contributed by atoms with Crippen molar-refractivity contribution < 1.29 is 24.0 Å². The molecule has 3 aromatic carbocycles. The predicted molar refractivity (Wildman–Crippen MR) is 132 cm³/mol. The van der Waals surface area contributed by atoms with E-state index in [-0.39, 0.29) is 17.2 Å². The van der Waals surface area contributed by atoms with Crippen LogP contribution in [0.25, 0.3) is 16.5 Å². The lowest BCUT2D eigenvalue weighted by Gasteiger charge is -2.23. The van der Waals surface area contributed by atoms with Gasteiger partial charge in [0.15, 0.2) is 5.82 Å². The van der Waals surface area contributed by atoms with Crippen LogP contribution in [0.15, 0.2) is 95.5 Å². The third-order valence-electron chi connectivity index (χ3n) is 5.87. The van der Waals surface area contributed by atoms with E-state index in [9.17, 15) is 14.7 Å². The van der Waals surface area contributed by atoms with E-state index in [2.05, 4.69) is 11.7 Å². The number of rotatable bonds is 6. The first-order chi connectivity index (χ1) is 17.0. The van der Waals surface area contributed by atoms with Gasteiger partial charge in [-0.15, -0.1) is 0 Å². The van der Waals surface area contributed by atoms with Gasteiger partial charge in [0.1, 0.15) is 23.9 Å². The molecule has 7 nitrogen and oxygen atoms in total. The summed E-state index contributed by atoms with van der Waals surface area (Å²) >= 11 is 0. The van der Waals surface area contributed by atoms with Crippen molar-refractivity contribution in [2.45, 2.75) is 13.0 Å². The number of ether oxygens (including phenoxy) is 1. The summed E-state index contributed by atoms with van der Waals surface area (Å²) in [6.45, 7) is 5.65. The molecule has 0 aliphatic carbocycles. The van der Waals surface area contributed by atoms with Crippen molar-refractivity contribution in [2.24, 2.45) is 0 Å². The van der Waals surface area contributed by atoms with Gasteiger partial charge in [0.25, 0.3) is 5.78 Å². The summed E-state index contributed by atoms with van der Waals surface area (Å²) < 4.78 is 10.8. The minimum atomic E-state index is -0.932. The van der Waals surface area contributed by atoms with E-state index >= 15 is 0 Å². The fraction of sp³-hybridized carbons (Fsp3) is 0.107. The highest BCUT2D eigenvalue weighted by atomic mass is 16.5. The molecule has 1 N–H and O–H groups in total. The Kier molecular flexibility index (Phi) is 5.66. The van der Waals surface area contributed by atoms with Gasteiger partial charge in [0, 0.05) is 11.6 Å². The van der Waals surface area contributed by atoms with E-state index in [1.54, 1.807) is 55.5 Å². The molecule has 4 aromatic rings. The molecule has 7 heteroatoms. The van der Waals surface area contributed by atoms with Crippen molar-refractivity contribution in [1.29, 1.82) is 0 Å². The highest BCUT2D eigenvalue weighted by Gasteiger charge is 2.48. The minimum Gasteiger partial charge on any atom is -0.507 e. The Labute approximate surface area is 201 Å². The molecule has 1 fully saturated rings. The van der Waals surface area contributed by atoms with Crippen LogP contribution < -0.4 is 9.64 Å². The molecule has 0 saturated carbocycles. The minimum absolute atomic E-state index is 0.0354. The van der Waals surface area contributed by atoms with Crippen molar-refractivity contribution in [1.82, 2.24) is 5.16 Å². The zero-order valence-corrected chi connectivity index (χ0v) is 19.0. The summed E-state index contributed by atoms with van der Waals surface area (Å²) in [4.78, 5) is 27.8. The largest absolute Gasteiger partial charge is 0.507 e. The highest BCUT2D eigenvalue weighted by Crippen LogP contribution is 2.42. The second kappa shape index (κ2) is 8.95. The fourth-order valence-corrected chi connectivity index (χ4v) is 4.27. The van der Waals surface area contributed by atoms with Crippen LogP contribution in [0.5, 0.6) is 5.75 Å². The van der Waals surface area contributed by atoms with Crippen LogP contribution in [-0.2, 0) is 9.59 Å². The molecular formula is C28H22N2O5. The van der Waals surface area contributed by atoms with Crippen molar-refractivity contribution in [3.63, 3.8) is 0 Å². The quantitative estimate of drug-likeness (QED) is 0.179. The number of aliphatic hydroxyl groups excluding tert-OH is 1. The number of hydrogen-bond donors (Lipinski definition) is 1. The number of amides is 1. The second-order valence-corrected chi connectivity index (χ2v) is 8.20. The van der Waals surface area contributed by atoms with E-state index in [1.165, 1.54) is 4.90 Å². The van der Waals surface area contributed by atoms with Gasteiger partial charge in [-0.2, -0.15) is 0 Å². The van der Waals surface area contributed by atoms with Crippen LogP contribution in [0.3, 0.4) is 0 Å². The van der Waals surface area contributed by atoms with Crippen molar-refractivity contribution in [2.75, 3.05) is 11.5 Å². The zero-order chi connectivity index (χ0) is 24.5. The van der Waals surface area contributed by atoms with E-state index < -0.39 is 17.7 Å². The van der Waals surface area contributed by atoms with Crippen LogP contribution in [-0.4, -0.2) is 28.6 Å². The van der Waals surface area contributed by atoms with Crippen LogP contribution in [0, 0.1) is 6.92 Å². The van der Waals surface area contributed by atoms with Gasteiger partial charge in [-0.05, 0) is 41.5 Å². The van der Waals surface area contributed by atoms with E-state index in [0.29, 0.717) is 29.2 Å². The Morgan fingerprint density at radius 3 is 2.63 bits per heavy atom. The molecule has 0 bridgehead atoms. The number of fused-ring (bicyclic) bond motifs is 1. The van der Waals surface area contributed by atoms with Gasteiger partial charge in [0.2, 0.25) is 0 Å². The van der Waals surface area contributed by atoms with Gasteiger partial charge >= 0.3 is 5.91 Å². The Morgan fingerprint density at radius 2 is 1.89 bits per heavy atom. The summed E-state index contributed by atoms with van der Waals surface area (Å²) in [5.74, 6) is -0.668. The molecule has 5 rings (SSSR count). The SMILES string of the molecule is C=CCOc1cccc(C2C(=C(O)c3ccc4ccccc4c3)C(=O)C(=O)N2c2cc(C)on2)c1. The van der Waals surface area contributed by atoms with Gasteiger partial charge in [0.05, 0.1) is 11.6 Å². The topological polar surface area (TPSA) is 92.9 Å². The Balaban J connectivity index is 1.70. The molecule has 0 spiro atoms. The fourth-order valence-electron chi connectivity index (χ4n) is 4.27. The molecule has 2 heterocycles. The summed E-state index contributed by atoms with van der Waals surface area (Å²) in [6, 6.07) is 20.7. The van der Waals surface area contributed by atoms with Gasteiger partial charge < -0.3 is 14.4 Å². The first-order valence-electron chi connectivity index (χ1n) is 11.0. The molecule has 1 atom stereocenters. The van der Waals surface area contributed by atoms with Crippen LogP contribution in [0.2, 0.25) is 0 Å². The molecule has 1 amide bonds. The Morgan fingerprint density at radius 1 is 1.09 bits per heavy atom. The van der Waals surface area contributed by atoms with E-state index in [1.807, 2.05) is 30.3 Å². The smallest absolute Gasteiger partial charge is 0.301 e. The third-order valence-corrected chi connectivity index (χ3v) is 5.87. The number of nitrogens with zero attached hydrogens (tertiary/aromatic N) is 2. The maximum absolute atomic E-state index is 13.3. The number of ketones is 1. The molecule has 1 saturated heterocycles. The van der Waals surface area contributed by atoms with Crippen LogP contribution in [0.4, 0.5) is 5.82 Å². The first kappa shape index (κ1) is 22.2. The predicted octanol–water partition coefficient (Wildman–Crippen LogP) is 5.33. The highest BCUT2D eigenvalue weighted by molar-refractivity contribution is 6.51. The number of hydrogen-bond acceptors (Lipinski definition) is 6. The summed E-state index contributed by atoms with van der Waals surface area (Å²) in [6.07, 6.45) is 1.62. The lowest BCUT2D eigenvalue weighted by Crippen LogP contribution is -2.29. The number of carbonyl (C=O) groups is 2. The lowest BCUT2D eigenvalue weighted by atomic mass is 9.94. The molecule has 174 valence electrons. The zero-order valence-electron chi connectivity index (χ0n) is 19.0. The number of Topliss-reactive ketones (excluding diaryl/α,β-unsaturated/α-hetero) is 1. The number of aromatic nitrogens is 1. The first-order valence-corrected chi connectivity index (χ1v) is 11.0. The van der Waals surface area contributed by atoms with Crippen LogP contribution >= 0.6 is 0 Å². The number of carbonyl (C=O) groups excluding carboxylic acids is 2. The average Bonchev–Trinajstić information content (AvgIpc) is 3.42. The number of benzene rings is 3. The molecule has 1 aliphatic rings. The maximum atomic E-state index is 13.3. The molecule has 1 unspecified atom stereocenters. The third kappa shape index (κ3) is 3.97. The Hall–Kier alpha value is -4.65. The number of aliphatic hydroxyl groups is 1. The lowest BCUT2D eigenvalue weighted by molar-refractivity contribution is -0.132. The molecule has 35 heavy (non-hydrogen) atoms.